The van der Waals surface area contributed by atoms with Crippen LogP contribution in [0.15, 0.2) is 18.2 Å². The molecule has 160 valence electrons. The van der Waals surface area contributed by atoms with Crippen LogP contribution in [0, 0.1) is 5.92 Å². The van der Waals surface area contributed by atoms with Crippen LogP contribution in [0.25, 0.3) is 0 Å². The molecule has 1 spiro atoms. The summed E-state index contributed by atoms with van der Waals surface area (Å²) in [4.78, 5) is 32.9. The zero-order valence-electron chi connectivity index (χ0n) is 17.6. The Hall–Kier alpha value is -2.32. The predicted octanol–water partition coefficient (Wildman–Crippen LogP) is 2.01. The van der Waals surface area contributed by atoms with Gasteiger partial charge in [0.25, 0.3) is 0 Å². The topological polar surface area (TPSA) is 77.5 Å². The molecule has 0 N–H and O–H groups in total. The molecule has 1 aromatic rings. The summed E-state index contributed by atoms with van der Waals surface area (Å²) in [6.45, 7) is 4.38. The molecule has 3 rings (SSSR count). The Balaban J connectivity index is 1.77. The minimum absolute atomic E-state index is 0.135. The second-order valence-corrected chi connectivity index (χ2v) is 7.44. The number of esters is 1. The molecule has 29 heavy (non-hydrogen) atoms. The second-order valence-electron chi connectivity index (χ2n) is 7.44. The zero-order chi connectivity index (χ0) is 21.0. The van der Waals surface area contributed by atoms with Crippen molar-refractivity contribution in [3.05, 3.63) is 23.8 Å². The molecule has 2 saturated heterocycles. The molecule has 2 heterocycles. The molecule has 1 amide bonds. The number of amides is 1. The Morgan fingerprint density at radius 3 is 2.48 bits per heavy atom. The molecule has 0 bridgehead atoms. The monoisotopic (exact) mass is 406 g/mol. The number of carbonyl (C=O) groups is 2. The molecule has 2 fully saturated rings. The van der Waals surface area contributed by atoms with Crippen molar-refractivity contribution in [2.45, 2.75) is 38.3 Å². The van der Waals surface area contributed by atoms with Crippen molar-refractivity contribution in [2.24, 2.45) is 5.92 Å². The lowest BCUT2D eigenvalue weighted by Gasteiger charge is -2.45. The van der Waals surface area contributed by atoms with E-state index in [1.807, 2.05) is 25.1 Å². The third-order valence-electron chi connectivity index (χ3n) is 6.01. The van der Waals surface area contributed by atoms with Crippen molar-refractivity contribution in [2.75, 3.05) is 41.0 Å². The first-order chi connectivity index (χ1) is 14.0. The molecular weight excluding hydrogens is 376 g/mol. The van der Waals surface area contributed by atoms with Crippen molar-refractivity contribution >= 4 is 11.9 Å². The van der Waals surface area contributed by atoms with Crippen LogP contribution in [0.2, 0.25) is 0 Å². The van der Waals surface area contributed by atoms with E-state index in [1.165, 1.54) is 12.2 Å². The summed E-state index contributed by atoms with van der Waals surface area (Å²) in [5, 5.41) is 1.46. The van der Waals surface area contributed by atoms with E-state index < -0.39 is 11.5 Å². The molecular formula is C21H30N2O6. The third-order valence-corrected chi connectivity index (χ3v) is 6.01. The maximum atomic E-state index is 12.5. The van der Waals surface area contributed by atoms with Crippen molar-refractivity contribution in [1.82, 2.24) is 9.96 Å². The Morgan fingerprint density at radius 1 is 1.17 bits per heavy atom. The van der Waals surface area contributed by atoms with Gasteiger partial charge >= 0.3 is 5.97 Å². The summed E-state index contributed by atoms with van der Waals surface area (Å²) in [7, 11) is 4.66. The number of carbonyl (C=O) groups excluding carboxylic acids is 2. The Labute approximate surface area is 171 Å². The lowest BCUT2D eigenvalue weighted by molar-refractivity contribution is -0.221. The highest BCUT2D eigenvalue weighted by atomic mass is 16.7. The number of ether oxygens (including phenoxy) is 3. The van der Waals surface area contributed by atoms with E-state index in [1.54, 1.807) is 14.2 Å². The second kappa shape index (κ2) is 9.00. The standard InChI is InChI=1S/C21H30N2O6/c1-5-29-23-19(24)13-17(20(25)28-4)21(23)8-10-22(11-9-21)14-15-12-16(26-2)6-7-18(15)27-3/h6-7,12,17H,5,8-11,13-14H2,1-4H3. The molecule has 0 aromatic heterocycles. The molecule has 0 aliphatic carbocycles. The van der Waals surface area contributed by atoms with E-state index in [-0.39, 0.29) is 18.3 Å². The fourth-order valence-electron chi connectivity index (χ4n) is 4.51. The minimum atomic E-state index is -0.644. The molecule has 8 heteroatoms. The van der Waals surface area contributed by atoms with Crippen LogP contribution < -0.4 is 9.47 Å². The van der Waals surface area contributed by atoms with Crippen LogP contribution in [0.3, 0.4) is 0 Å². The number of hydrogen-bond donors (Lipinski definition) is 0. The zero-order valence-corrected chi connectivity index (χ0v) is 17.6. The SMILES string of the molecule is CCON1C(=O)CC(C(=O)OC)C12CCN(Cc1cc(OC)ccc1OC)CC2. The highest BCUT2D eigenvalue weighted by Gasteiger charge is 2.58. The van der Waals surface area contributed by atoms with Crippen molar-refractivity contribution in [3.63, 3.8) is 0 Å². The van der Waals surface area contributed by atoms with Gasteiger partial charge in [0.1, 0.15) is 11.5 Å². The number of hydrogen-bond acceptors (Lipinski definition) is 7. The van der Waals surface area contributed by atoms with Crippen molar-refractivity contribution in [3.8, 4) is 11.5 Å². The minimum Gasteiger partial charge on any atom is -0.497 e. The van der Waals surface area contributed by atoms with Gasteiger partial charge in [0.05, 0.1) is 39.4 Å². The highest BCUT2D eigenvalue weighted by Crippen LogP contribution is 2.44. The van der Waals surface area contributed by atoms with Gasteiger partial charge in [-0.1, -0.05) is 0 Å². The van der Waals surface area contributed by atoms with Gasteiger partial charge in [0, 0.05) is 31.6 Å². The summed E-state index contributed by atoms with van der Waals surface area (Å²) in [6.07, 6.45) is 1.42. The number of hydroxylamine groups is 2. The summed E-state index contributed by atoms with van der Waals surface area (Å²) in [5.74, 6) is 0.600. The largest absolute Gasteiger partial charge is 0.497 e. The third kappa shape index (κ3) is 4.04. The molecule has 2 aliphatic heterocycles. The first-order valence-electron chi connectivity index (χ1n) is 9.96. The van der Waals surface area contributed by atoms with E-state index >= 15 is 0 Å². The van der Waals surface area contributed by atoms with Crippen molar-refractivity contribution in [1.29, 1.82) is 0 Å². The molecule has 2 aliphatic rings. The average Bonchev–Trinajstić information content (AvgIpc) is 3.01. The first kappa shape index (κ1) is 21.4. The van der Waals surface area contributed by atoms with Crippen LogP contribution in [-0.2, 0) is 25.7 Å². The summed E-state index contributed by atoms with van der Waals surface area (Å²) >= 11 is 0. The van der Waals surface area contributed by atoms with Gasteiger partial charge in [0.15, 0.2) is 0 Å². The molecule has 1 atom stereocenters. The molecule has 0 radical (unpaired) electrons. The van der Waals surface area contributed by atoms with Crippen LogP contribution in [-0.4, -0.2) is 68.4 Å². The van der Waals surface area contributed by atoms with Crippen LogP contribution >= 0.6 is 0 Å². The number of nitrogens with zero attached hydrogens (tertiary/aromatic N) is 2. The molecule has 1 aromatic carbocycles. The number of likely N-dealkylation sites (tertiary alicyclic amines) is 1. The first-order valence-corrected chi connectivity index (χ1v) is 9.96. The molecule has 0 saturated carbocycles. The predicted molar refractivity (Wildman–Crippen MR) is 105 cm³/mol. The van der Waals surface area contributed by atoms with Gasteiger partial charge in [-0.25, -0.2) is 5.06 Å². The Morgan fingerprint density at radius 2 is 1.90 bits per heavy atom. The quantitative estimate of drug-likeness (QED) is 0.641. The average molecular weight is 406 g/mol. The number of rotatable bonds is 7. The lowest BCUT2D eigenvalue weighted by Crippen LogP contribution is -2.57. The number of benzene rings is 1. The number of piperidine rings is 1. The Bertz CT molecular complexity index is 745. The Kier molecular flexibility index (Phi) is 6.64. The van der Waals surface area contributed by atoms with E-state index in [9.17, 15) is 9.59 Å². The van der Waals surface area contributed by atoms with E-state index in [0.717, 1.165) is 30.2 Å². The van der Waals surface area contributed by atoms with Gasteiger partial charge < -0.3 is 14.2 Å². The van der Waals surface area contributed by atoms with Gasteiger partial charge in [-0.05, 0) is 38.0 Å². The van der Waals surface area contributed by atoms with E-state index in [2.05, 4.69) is 4.90 Å². The van der Waals surface area contributed by atoms with Gasteiger partial charge in [-0.15, -0.1) is 0 Å². The molecule has 8 nitrogen and oxygen atoms in total. The van der Waals surface area contributed by atoms with Gasteiger partial charge in [-0.2, -0.15) is 0 Å². The maximum Gasteiger partial charge on any atom is 0.311 e. The lowest BCUT2D eigenvalue weighted by atomic mass is 9.77. The van der Waals surface area contributed by atoms with Crippen LogP contribution in [0.4, 0.5) is 0 Å². The summed E-state index contributed by atoms with van der Waals surface area (Å²) in [6, 6.07) is 5.75. The van der Waals surface area contributed by atoms with E-state index in [4.69, 9.17) is 19.0 Å². The summed E-state index contributed by atoms with van der Waals surface area (Å²) in [5.41, 5.74) is 0.395. The van der Waals surface area contributed by atoms with Crippen LogP contribution in [0.5, 0.6) is 11.5 Å². The van der Waals surface area contributed by atoms with Crippen molar-refractivity contribution < 1.29 is 28.6 Å². The smallest absolute Gasteiger partial charge is 0.311 e. The number of methoxy groups -OCH3 is 3. The fraction of sp³-hybridized carbons (Fsp3) is 0.619. The molecule has 1 unspecified atom stereocenters. The van der Waals surface area contributed by atoms with E-state index in [0.29, 0.717) is 26.0 Å². The van der Waals surface area contributed by atoms with Gasteiger partial charge in [0.2, 0.25) is 5.91 Å². The maximum absolute atomic E-state index is 12.5. The van der Waals surface area contributed by atoms with Gasteiger partial charge in [-0.3, -0.25) is 19.3 Å². The van der Waals surface area contributed by atoms with Crippen LogP contribution in [0.1, 0.15) is 31.7 Å². The normalized spacial score (nSPS) is 21.4. The summed E-state index contributed by atoms with van der Waals surface area (Å²) < 4.78 is 15.8. The fourth-order valence-corrected chi connectivity index (χ4v) is 4.51. The highest BCUT2D eigenvalue weighted by molar-refractivity contribution is 5.88.